The van der Waals surface area contributed by atoms with Crippen LogP contribution in [0.3, 0.4) is 0 Å². The van der Waals surface area contributed by atoms with Gasteiger partial charge in [0.2, 0.25) is 27.6 Å². The second kappa shape index (κ2) is 10.6. The Morgan fingerprint density at radius 3 is 2.40 bits per heavy atom. The largest absolute Gasteiger partial charge is 0.347 e. The third-order valence-electron chi connectivity index (χ3n) is 5.92. The number of amides is 1. The molecule has 0 fully saturated rings. The van der Waals surface area contributed by atoms with Gasteiger partial charge in [0, 0.05) is 18.5 Å². The summed E-state index contributed by atoms with van der Waals surface area (Å²) in [4.78, 5) is 16.7. The maximum atomic E-state index is 12.4. The summed E-state index contributed by atoms with van der Waals surface area (Å²) in [6.07, 6.45) is 1.73. The highest BCUT2D eigenvalue weighted by Crippen LogP contribution is 2.26. The van der Waals surface area contributed by atoms with Crippen molar-refractivity contribution < 1.29 is 17.7 Å². The number of rotatable bonds is 9. The van der Waals surface area contributed by atoms with E-state index in [0.717, 1.165) is 16.7 Å². The number of anilines is 1. The van der Waals surface area contributed by atoms with Crippen molar-refractivity contribution in [1.82, 2.24) is 15.5 Å². The number of sulfonamides is 1. The molecule has 0 radical (unpaired) electrons. The molecule has 0 aliphatic rings. The molecule has 0 bridgehead atoms. The maximum absolute atomic E-state index is 12.4. The van der Waals surface area contributed by atoms with Gasteiger partial charge >= 0.3 is 0 Å². The van der Waals surface area contributed by atoms with Gasteiger partial charge in [-0.3, -0.25) is 9.10 Å². The molecule has 0 saturated carbocycles. The average Bonchev–Trinajstić information content (AvgIpc) is 3.25. The molecule has 2 aromatic carbocycles. The lowest BCUT2D eigenvalue weighted by Gasteiger charge is -2.24. The molecule has 35 heavy (non-hydrogen) atoms. The highest BCUT2D eigenvalue weighted by Gasteiger charge is 2.20. The van der Waals surface area contributed by atoms with Crippen LogP contribution in [0.4, 0.5) is 5.69 Å². The van der Waals surface area contributed by atoms with E-state index in [1.807, 2.05) is 50.2 Å². The minimum absolute atomic E-state index is 0.0580. The molecular weight excluding hydrogens is 464 g/mol. The lowest BCUT2D eigenvalue weighted by atomic mass is 9.87. The number of hydrogen-bond donors (Lipinski definition) is 1. The molecular formula is C26H34N4O4S. The molecule has 0 spiro atoms. The van der Waals surface area contributed by atoms with Crippen molar-refractivity contribution in [3.05, 3.63) is 65.0 Å². The average molecular weight is 499 g/mol. The van der Waals surface area contributed by atoms with E-state index in [4.69, 9.17) is 4.52 Å². The summed E-state index contributed by atoms with van der Waals surface area (Å²) in [5.74, 6) is 0.558. The van der Waals surface area contributed by atoms with Gasteiger partial charge in [-0.25, -0.2) is 8.42 Å². The summed E-state index contributed by atoms with van der Waals surface area (Å²) in [6, 6.07) is 13.6. The number of hydrogen-bond acceptors (Lipinski definition) is 6. The molecule has 1 N–H and O–H groups in total. The third kappa shape index (κ3) is 6.91. The smallest absolute Gasteiger partial charge is 0.246 e. The fraction of sp³-hybridized carbons (Fsp3) is 0.423. The zero-order valence-corrected chi connectivity index (χ0v) is 22.1. The zero-order chi connectivity index (χ0) is 25.8. The van der Waals surface area contributed by atoms with Crippen molar-refractivity contribution >= 4 is 21.6 Å². The van der Waals surface area contributed by atoms with E-state index in [1.165, 1.54) is 16.1 Å². The Morgan fingerprint density at radius 1 is 1.09 bits per heavy atom. The lowest BCUT2D eigenvalue weighted by Crippen LogP contribution is -2.32. The van der Waals surface area contributed by atoms with Crippen LogP contribution in [0.25, 0.3) is 11.4 Å². The van der Waals surface area contributed by atoms with Crippen LogP contribution in [-0.2, 0) is 26.8 Å². The van der Waals surface area contributed by atoms with Gasteiger partial charge in [-0.15, -0.1) is 0 Å². The summed E-state index contributed by atoms with van der Waals surface area (Å²) in [7, 11) is -3.48. The van der Waals surface area contributed by atoms with Gasteiger partial charge in [-0.1, -0.05) is 62.3 Å². The third-order valence-corrected chi connectivity index (χ3v) is 7.10. The minimum Gasteiger partial charge on any atom is -0.347 e. The first kappa shape index (κ1) is 26.4. The zero-order valence-electron chi connectivity index (χ0n) is 21.3. The minimum atomic E-state index is -3.48. The highest BCUT2D eigenvalue weighted by molar-refractivity contribution is 7.92. The van der Waals surface area contributed by atoms with Gasteiger partial charge in [0.25, 0.3) is 0 Å². The molecule has 1 aromatic heterocycles. The van der Waals surface area contributed by atoms with Crippen LogP contribution in [-0.4, -0.2) is 37.3 Å². The standard InChI is InChI=1S/C26H34N4O4S/c1-18-9-7-10-22(19(18)2)30(35(6,32)33)16-8-11-23(31)27-17-24-28-25(29-34-24)20-12-14-21(15-13-20)26(3,4)5/h7,9-10,12-15H,8,11,16-17H2,1-6H3,(H,27,31). The first-order valence-electron chi connectivity index (χ1n) is 11.6. The van der Waals surface area contributed by atoms with E-state index in [-0.39, 0.29) is 30.8 Å². The molecule has 1 heterocycles. The van der Waals surface area contributed by atoms with Crippen molar-refractivity contribution in [1.29, 1.82) is 0 Å². The van der Waals surface area contributed by atoms with Crippen LogP contribution >= 0.6 is 0 Å². The van der Waals surface area contributed by atoms with Crippen molar-refractivity contribution in [2.24, 2.45) is 0 Å². The van der Waals surface area contributed by atoms with Crippen LogP contribution in [0.1, 0.15) is 56.2 Å². The first-order chi connectivity index (χ1) is 16.4. The Hall–Kier alpha value is -3.20. The van der Waals surface area contributed by atoms with E-state index in [0.29, 0.717) is 23.8 Å². The number of carbonyl (C=O) groups is 1. The van der Waals surface area contributed by atoms with Gasteiger partial charge < -0.3 is 9.84 Å². The number of nitrogens with zero attached hydrogens (tertiary/aromatic N) is 3. The predicted molar refractivity (Wildman–Crippen MR) is 138 cm³/mol. The molecule has 3 rings (SSSR count). The van der Waals surface area contributed by atoms with Gasteiger partial charge in [0.15, 0.2) is 0 Å². The molecule has 0 aliphatic carbocycles. The Kier molecular flexibility index (Phi) is 8.00. The molecule has 0 saturated heterocycles. The van der Waals surface area contributed by atoms with Crippen LogP contribution in [0.5, 0.6) is 0 Å². The molecule has 0 aliphatic heterocycles. The monoisotopic (exact) mass is 498 g/mol. The molecule has 3 aromatic rings. The van der Waals surface area contributed by atoms with Crippen LogP contribution in [0, 0.1) is 13.8 Å². The van der Waals surface area contributed by atoms with E-state index < -0.39 is 10.0 Å². The normalized spacial score (nSPS) is 11.9. The van der Waals surface area contributed by atoms with Crippen molar-refractivity contribution in [2.45, 2.75) is 59.4 Å². The number of aryl methyl sites for hydroxylation is 1. The van der Waals surface area contributed by atoms with Crippen molar-refractivity contribution in [2.75, 3.05) is 17.1 Å². The predicted octanol–water partition coefficient (Wildman–Crippen LogP) is 4.51. The van der Waals surface area contributed by atoms with Crippen LogP contribution in [0.15, 0.2) is 47.0 Å². The summed E-state index contributed by atoms with van der Waals surface area (Å²) in [5.41, 5.74) is 4.67. The fourth-order valence-electron chi connectivity index (χ4n) is 3.68. The second-order valence-corrected chi connectivity index (χ2v) is 11.7. The van der Waals surface area contributed by atoms with Gasteiger partial charge in [0.1, 0.15) is 0 Å². The van der Waals surface area contributed by atoms with Gasteiger partial charge in [-0.2, -0.15) is 4.98 Å². The number of carbonyl (C=O) groups excluding carboxylic acids is 1. The number of aromatic nitrogens is 2. The van der Waals surface area contributed by atoms with Crippen molar-refractivity contribution in [3.63, 3.8) is 0 Å². The van der Waals surface area contributed by atoms with Crippen molar-refractivity contribution in [3.8, 4) is 11.4 Å². The van der Waals surface area contributed by atoms with E-state index in [9.17, 15) is 13.2 Å². The molecule has 8 nitrogen and oxygen atoms in total. The lowest BCUT2D eigenvalue weighted by molar-refractivity contribution is -0.121. The van der Waals surface area contributed by atoms with E-state index in [2.05, 4.69) is 36.2 Å². The Labute approximate surface area is 207 Å². The highest BCUT2D eigenvalue weighted by atomic mass is 32.2. The molecule has 1 amide bonds. The Balaban J connectivity index is 1.53. The first-order valence-corrected chi connectivity index (χ1v) is 13.4. The van der Waals surface area contributed by atoms with E-state index in [1.54, 1.807) is 6.07 Å². The van der Waals surface area contributed by atoms with Gasteiger partial charge in [-0.05, 0) is 48.4 Å². The summed E-state index contributed by atoms with van der Waals surface area (Å²) in [5, 5.41) is 6.77. The number of benzene rings is 2. The van der Waals surface area contributed by atoms with E-state index >= 15 is 0 Å². The number of nitrogens with one attached hydrogen (secondary N) is 1. The van der Waals surface area contributed by atoms with Crippen LogP contribution < -0.4 is 9.62 Å². The quantitative estimate of drug-likeness (QED) is 0.465. The Morgan fingerprint density at radius 2 is 1.77 bits per heavy atom. The molecule has 0 atom stereocenters. The molecule has 0 unspecified atom stereocenters. The van der Waals surface area contributed by atoms with Crippen LogP contribution in [0.2, 0.25) is 0 Å². The maximum Gasteiger partial charge on any atom is 0.246 e. The second-order valence-electron chi connectivity index (χ2n) is 9.77. The summed E-state index contributed by atoms with van der Waals surface area (Å²) >= 11 is 0. The SMILES string of the molecule is Cc1cccc(N(CCCC(=O)NCc2nc(-c3ccc(C(C)(C)C)cc3)no2)S(C)(=O)=O)c1C. The molecule has 9 heteroatoms. The van der Waals surface area contributed by atoms with Gasteiger partial charge in [0.05, 0.1) is 18.5 Å². The topological polar surface area (TPSA) is 105 Å². The Bertz CT molecular complexity index is 1280. The summed E-state index contributed by atoms with van der Waals surface area (Å²) < 4.78 is 31.4. The molecule has 188 valence electrons. The summed E-state index contributed by atoms with van der Waals surface area (Å²) in [6.45, 7) is 10.6. The fourth-order valence-corrected chi connectivity index (χ4v) is 4.70.